The highest BCUT2D eigenvalue weighted by molar-refractivity contribution is 7.46. The van der Waals surface area contributed by atoms with Gasteiger partial charge >= 0.3 is 7.82 Å². The molecule has 1 unspecified atom stereocenters. The van der Waals surface area contributed by atoms with Gasteiger partial charge in [-0.15, -0.1) is 0 Å². The molecule has 0 amide bonds. The zero-order chi connectivity index (χ0) is 12.5. The van der Waals surface area contributed by atoms with Crippen molar-refractivity contribution < 1.29 is 18.9 Å². The van der Waals surface area contributed by atoms with E-state index in [0.717, 1.165) is 16.3 Å². The smallest absolute Gasteiger partial charge is 0.303 e. The van der Waals surface area contributed by atoms with Crippen molar-refractivity contribution in [3.8, 4) is 0 Å². The van der Waals surface area contributed by atoms with Gasteiger partial charge in [0.2, 0.25) is 0 Å². The number of fused-ring (bicyclic) bond motifs is 1. The predicted octanol–water partition coefficient (Wildman–Crippen LogP) is 3.01. The van der Waals surface area contributed by atoms with Gasteiger partial charge in [0.25, 0.3) is 0 Å². The minimum absolute atomic E-state index is 0.651. The van der Waals surface area contributed by atoms with Crippen molar-refractivity contribution in [1.82, 2.24) is 0 Å². The Bertz CT molecular complexity index is 570. The number of hydrogen-bond donors (Lipinski definition) is 2. The second kappa shape index (κ2) is 4.59. The summed E-state index contributed by atoms with van der Waals surface area (Å²) in [7, 11) is -4.47. The number of benzene rings is 2. The Balaban J connectivity index is 2.45. The van der Waals surface area contributed by atoms with Crippen LogP contribution in [0.1, 0.15) is 18.6 Å². The molecule has 0 radical (unpaired) electrons. The lowest BCUT2D eigenvalue weighted by Gasteiger charge is -2.15. The van der Waals surface area contributed by atoms with Crippen molar-refractivity contribution >= 4 is 18.6 Å². The summed E-state index contributed by atoms with van der Waals surface area (Å²) in [6, 6.07) is 13.3. The molecule has 2 rings (SSSR count). The van der Waals surface area contributed by atoms with Crippen molar-refractivity contribution in [3.05, 3.63) is 48.0 Å². The van der Waals surface area contributed by atoms with Gasteiger partial charge in [0, 0.05) is 0 Å². The van der Waals surface area contributed by atoms with Gasteiger partial charge in [-0.1, -0.05) is 42.5 Å². The zero-order valence-electron chi connectivity index (χ0n) is 9.28. The van der Waals surface area contributed by atoms with Gasteiger partial charge in [-0.05, 0) is 23.3 Å². The molecule has 2 N–H and O–H groups in total. The Hall–Kier alpha value is -1.19. The van der Waals surface area contributed by atoms with Crippen LogP contribution in [-0.2, 0) is 9.09 Å². The summed E-state index contributed by atoms with van der Waals surface area (Å²) in [6.45, 7) is 1.63. The first-order valence-corrected chi connectivity index (χ1v) is 6.72. The highest BCUT2D eigenvalue weighted by Gasteiger charge is 2.21. The summed E-state index contributed by atoms with van der Waals surface area (Å²) in [5.41, 5.74) is 0.770. The van der Waals surface area contributed by atoms with E-state index in [1.807, 2.05) is 42.5 Å². The number of hydrogen-bond acceptors (Lipinski definition) is 2. The van der Waals surface area contributed by atoms with E-state index >= 15 is 0 Å². The topological polar surface area (TPSA) is 66.8 Å². The Kier molecular flexibility index (Phi) is 3.31. The summed E-state index contributed by atoms with van der Waals surface area (Å²) < 4.78 is 15.5. The van der Waals surface area contributed by atoms with Gasteiger partial charge in [0.05, 0.1) is 6.10 Å². The van der Waals surface area contributed by atoms with E-state index < -0.39 is 13.9 Å². The fourth-order valence-corrected chi connectivity index (χ4v) is 2.39. The van der Waals surface area contributed by atoms with Crippen molar-refractivity contribution in [2.24, 2.45) is 0 Å². The van der Waals surface area contributed by atoms with E-state index in [0.29, 0.717) is 0 Å². The summed E-state index contributed by atoms with van der Waals surface area (Å²) in [5.74, 6) is 0. The van der Waals surface area contributed by atoms with Crippen LogP contribution in [0.15, 0.2) is 42.5 Å². The van der Waals surface area contributed by atoms with Crippen LogP contribution in [0.4, 0.5) is 0 Å². The van der Waals surface area contributed by atoms with Crippen molar-refractivity contribution in [1.29, 1.82) is 0 Å². The zero-order valence-corrected chi connectivity index (χ0v) is 10.2. The molecule has 17 heavy (non-hydrogen) atoms. The third-order valence-corrected chi connectivity index (χ3v) is 3.15. The molecule has 0 saturated carbocycles. The lowest BCUT2D eigenvalue weighted by atomic mass is 10.0. The van der Waals surface area contributed by atoms with Gasteiger partial charge < -0.3 is 9.79 Å². The molecule has 5 heteroatoms. The maximum Gasteiger partial charge on any atom is 0.470 e. The highest BCUT2D eigenvalue weighted by Crippen LogP contribution is 2.43. The maximum atomic E-state index is 10.8. The lowest BCUT2D eigenvalue weighted by molar-refractivity contribution is 0.147. The van der Waals surface area contributed by atoms with Crippen LogP contribution in [0.3, 0.4) is 0 Å². The van der Waals surface area contributed by atoms with Crippen LogP contribution < -0.4 is 0 Å². The Labute approximate surface area is 99.1 Å². The van der Waals surface area contributed by atoms with E-state index in [1.54, 1.807) is 6.92 Å². The van der Waals surface area contributed by atoms with Gasteiger partial charge in [-0.3, -0.25) is 4.52 Å². The SMILES string of the molecule is CC(OP(=O)(O)O)c1cccc2ccccc12. The first-order chi connectivity index (χ1) is 7.97. The maximum absolute atomic E-state index is 10.8. The minimum atomic E-state index is -4.47. The van der Waals surface area contributed by atoms with Crippen LogP contribution in [0.2, 0.25) is 0 Å². The van der Waals surface area contributed by atoms with E-state index in [1.165, 1.54) is 0 Å². The molecular formula is C12H13O4P. The van der Waals surface area contributed by atoms with Crippen LogP contribution in [0, 0.1) is 0 Å². The normalized spacial score (nSPS) is 13.8. The molecule has 1 atom stereocenters. The first-order valence-electron chi connectivity index (χ1n) is 5.19. The Morgan fingerprint density at radius 1 is 1.12 bits per heavy atom. The molecule has 0 heterocycles. The molecule has 0 aliphatic heterocycles. The van der Waals surface area contributed by atoms with Crippen LogP contribution in [-0.4, -0.2) is 9.79 Å². The number of rotatable bonds is 3. The molecule has 0 spiro atoms. The summed E-state index contributed by atoms with van der Waals surface area (Å²) in [5, 5.41) is 1.96. The Morgan fingerprint density at radius 2 is 1.76 bits per heavy atom. The molecule has 2 aromatic rings. The van der Waals surface area contributed by atoms with Gasteiger partial charge in [0.15, 0.2) is 0 Å². The quantitative estimate of drug-likeness (QED) is 0.824. The van der Waals surface area contributed by atoms with Crippen molar-refractivity contribution in [2.75, 3.05) is 0 Å². The molecule has 0 bridgehead atoms. The molecular weight excluding hydrogens is 239 g/mol. The average Bonchev–Trinajstić information content (AvgIpc) is 2.26. The second-order valence-electron chi connectivity index (χ2n) is 3.81. The third kappa shape index (κ3) is 2.93. The van der Waals surface area contributed by atoms with Gasteiger partial charge in [-0.2, -0.15) is 0 Å². The summed E-state index contributed by atoms with van der Waals surface area (Å²) in [4.78, 5) is 17.6. The molecule has 0 aliphatic carbocycles. The Morgan fingerprint density at radius 3 is 2.47 bits per heavy atom. The largest absolute Gasteiger partial charge is 0.470 e. The van der Waals surface area contributed by atoms with E-state index in [4.69, 9.17) is 14.3 Å². The van der Waals surface area contributed by atoms with Crippen molar-refractivity contribution in [3.63, 3.8) is 0 Å². The summed E-state index contributed by atoms with van der Waals surface area (Å²) >= 11 is 0. The highest BCUT2D eigenvalue weighted by atomic mass is 31.2. The lowest BCUT2D eigenvalue weighted by Crippen LogP contribution is -1.98. The average molecular weight is 252 g/mol. The van der Waals surface area contributed by atoms with Gasteiger partial charge in [-0.25, -0.2) is 4.57 Å². The second-order valence-corrected chi connectivity index (χ2v) is 5.00. The predicted molar refractivity (Wildman–Crippen MR) is 65.5 cm³/mol. The van der Waals surface area contributed by atoms with E-state index in [9.17, 15) is 4.57 Å². The van der Waals surface area contributed by atoms with E-state index in [-0.39, 0.29) is 0 Å². The van der Waals surface area contributed by atoms with E-state index in [2.05, 4.69) is 0 Å². The third-order valence-electron chi connectivity index (χ3n) is 2.56. The molecule has 4 nitrogen and oxygen atoms in total. The fourth-order valence-electron chi connectivity index (χ4n) is 1.87. The molecule has 90 valence electrons. The number of phosphoric acid groups is 1. The van der Waals surface area contributed by atoms with Gasteiger partial charge in [0.1, 0.15) is 0 Å². The monoisotopic (exact) mass is 252 g/mol. The van der Waals surface area contributed by atoms with Crippen LogP contribution >= 0.6 is 7.82 Å². The fraction of sp³-hybridized carbons (Fsp3) is 0.167. The first kappa shape index (κ1) is 12.3. The number of phosphoric ester groups is 1. The summed E-state index contributed by atoms with van der Waals surface area (Å²) in [6.07, 6.45) is -0.651. The van der Waals surface area contributed by atoms with Crippen LogP contribution in [0.5, 0.6) is 0 Å². The molecule has 0 fully saturated rings. The standard InChI is InChI=1S/C12H13O4P/c1-9(16-17(13,14)15)11-8-4-6-10-5-2-3-7-12(10)11/h2-9H,1H3,(H2,13,14,15). The molecule has 0 saturated heterocycles. The van der Waals surface area contributed by atoms with Crippen LogP contribution in [0.25, 0.3) is 10.8 Å². The van der Waals surface area contributed by atoms with Crippen molar-refractivity contribution in [2.45, 2.75) is 13.0 Å². The molecule has 0 aliphatic rings. The molecule has 2 aromatic carbocycles. The molecule has 0 aromatic heterocycles. The minimum Gasteiger partial charge on any atom is -0.303 e.